The van der Waals surface area contributed by atoms with Gasteiger partial charge in [0.15, 0.2) is 9.84 Å². The van der Waals surface area contributed by atoms with E-state index >= 15 is 0 Å². The smallest absolute Gasteiger partial charge is 0.158 e. The number of aromatic nitrogens is 4. The number of benzene rings is 4. The van der Waals surface area contributed by atoms with E-state index in [1.54, 1.807) is 47.5 Å². The normalized spacial score (nSPS) is 11.6. The van der Waals surface area contributed by atoms with Crippen molar-refractivity contribution in [1.82, 2.24) is 19.9 Å². The van der Waals surface area contributed by atoms with Crippen LogP contribution in [0.25, 0.3) is 64.5 Å². The summed E-state index contributed by atoms with van der Waals surface area (Å²) >= 11 is 3.26. The highest BCUT2D eigenvalue weighted by Crippen LogP contribution is 2.42. The van der Waals surface area contributed by atoms with E-state index in [9.17, 15) is 8.42 Å². The molecule has 0 saturated carbocycles. The van der Waals surface area contributed by atoms with Crippen molar-refractivity contribution in [1.29, 1.82) is 0 Å². The van der Waals surface area contributed by atoms with Gasteiger partial charge < -0.3 is 0 Å². The molecule has 0 N–H and O–H groups in total. The molecular formula is C46H38N4O2S3. The van der Waals surface area contributed by atoms with Crippen LogP contribution >= 0.6 is 22.7 Å². The molecule has 4 aromatic carbocycles. The fourth-order valence-corrected chi connectivity index (χ4v) is 10.2. The third kappa shape index (κ3) is 7.96. The lowest BCUT2D eigenvalue weighted by Gasteiger charge is -2.07. The Morgan fingerprint density at radius 2 is 0.800 bits per heavy atom. The van der Waals surface area contributed by atoms with Crippen molar-refractivity contribution in [3.8, 4) is 64.5 Å². The van der Waals surface area contributed by atoms with Crippen molar-refractivity contribution < 1.29 is 8.42 Å². The third-order valence-electron chi connectivity index (χ3n) is 9.87. The highest BCUT2D eigenvalue weighted by Gasteiger charge is 2.20. The summed E-state index contributed by atoms with van der Waals surface area (Å²) in [6.07, 6.45) is 7.19. The topological polar surface area (TPSA) is 85.7 Å². The molecule has 0 radical (unpaired) electrons. The molecule has 0 saturated heterocycles. The predicted octanol–water partition coefficient (Wildman–Crippen LogP) is 11.7. The molecule has 4 heterocycles. The summed E-state index contributed by atoms with van der Waals surface area (Å²) in [6.45, 7) is 8.45. The standard InChI is InChI=1S/C46H38N4O2S3/c1-29-5-11-39(25-31(29)3)41-43(35-17-21-47-22-18-35)53-45(49-41)37-13-7-33(8-14-37)27-55(51,52)28-34-9-15-38(16-10-34)46-50-42(40-12-6-30(2)32(4)26-40)44(54-46)36-19-23-48-24-20-36/h5-26H,27-28H2,1-4H3. The van der Waals surface area contributed by atoms with Gasteiger partial charge in [0.1, 0.15) is 10.0 Å². The number of sulfone groups is 1. The molecule has 6 nitrogen and oxygen atoms in total. The van der Waals surface area contributed by atoms with Gasteiger partial charge in [0.2, 0.25) is 0 Å². The molecule has 0 amide bonds. The molecular weight excluding hydrogens is 737 g/mol. The van der Waals surface area contributed by atoms with E-state index in [0.29, 0.717) is 0 Å². The van der Waals surface area contributed by atoms with E-state index in [4.69, 9.17) is 9.97 Å². The first-order valence-corrected chi connectivity index (χ1v) is 21.4. The lowest BCUT2D eigenvalue weighted by atomic mass is 10.0. The zero-order chi connectivity index (χ0) is 38.1. The van der Waals surface area contributed by atoms with Gasteiger partial charge in [-0.1, -0.05) is 72.8 Å². The third-order valence-corrected chi connectivity index (χ3v) is 13.7. The van der Waals surface area contributed by atoms with Gasteiger partial charge >= 0.3 is 0 Å². The minimum Gasteiger partial charge on any atom is -0.265 e. The SMILES string of the molecule is Cc1ccc(-c2nc(-c3ccc(CS(=O)(=O)Cc4ccc(-c5nc(-c6ccc(C)c(C)c6)c(-c6ccncc6)s5)cc4)cc3)sc2-c2ccncc2)cc1C. The van der Waals surface area contributed by atoms with Gasteiger partial charge in [-0.05, 0) is 109 Å². The van der Waals surface area contributed by atoms with Crippen molar-refractivity contribution in [2.45, 2.75) is 39.2 Å². The zero-order valence-electron chi connectivity index (χ0n) is 30.9. The summed E-state index contributed by atoms with van der Waals surface area (Å²) in [6, 6.07) is 36.4. The van der Waals surface area contributed by atoms with E-state index in [1.165, 1.54) is 22.3 Å². The summed E-state index contributed by atoms with van der Waals surface area (Å²) in [5, 5.41) is 1.76. The molecule has 0 atom stereocenters. The van der Waals surface area contributed by atoms with Crippen LogP contribution < -0.4 is 0 Å². The Kier molecular flexibility index (Phi) is 10.1. The van der Waals surface area contributed by atoms with Crippen LogP contribution in [-0.4, -0.2) is 28.4 Å². The zero-order valence-corrected chi connectivity index (χ0v) is 33.4. The molecule has 0 aliphatic heterocycles. The van der Waals surface area contributed by atoms with Crippen molar-refractivity contribution in [2.75, 3.05) is 0 Å². The molecule has 0 aliphatic rings. The van der Waals surface area contributed by atoms with E-state index in [2.05, 4.69) is 74.1 Å². The number of thiazole rings is 2. The highest BCUT2D eigenvalue weighted by atomic mass is 32.2. The number of hydrogen-bond acceptors (Lipinski definition) is 8. The van der Waals surface area contributed by atoms with Crippen LogP contribution in [0.2, 0.25) is 0 Å². The Hall–Kier alpha value is -5.61. The lowest BCUT2D eigenvalue weighted by molar-refractivity contribution is 0.594. The first kappa shape index (κ1) is 36.4. The van der Waals surface area contributed by atoms with Crippen LogP contribution in [0.15, 0.2) is 134 Å². The van der Waals surface area contributed by atoms with E-state index in [0.717, 1.165) is 75.7 Å². The van der Waals surface area contributed by atoms with Crippen LogP contribution in [-0.2, 0) is 21.3 Å². The average molecular weight is 775 g/mol. The van der Waals surface area contributed by atoms with E-state index in [1.807, 2.05) is 72.8 Å². The molecule has 0 bridgehead atoms. The fourth-order valence-electron chi connectivity index (χ4n) is 6.50. The molecule has 8 aromatic rings. The molecule has 0 unspecified atom stereocenters. The van der Waals surface area contributed by atoms with Crippen LogP contribution in [0.3, 0.4) is 0 Å². The summed E-state index contributed by atoms with van der Waals surface area (Å²) in [7, 11) is -3.45. The Morgan fingerprint density at radius 3 is 1.16 bits per heavy atom. The van der Waals surface area contributed by atoms with Gasteiger partial charge in [0.25, 0.3) is 0 Å². The van der Waals surface area contributed by atoms with Gasteiger partial charge in [0, 0.05) is 47.0 Å². The Balaban J connectivity index is 0.999. The predicted molar refractivity (Wildman–Crippen MR) is 228 cm³/mol. The Labute approximate surface area is 330 Å². The number of pyridine rings is 2. The molecule has 0 aliphatic carbocycles. The van der Waals surface area contributed by atoms with Crippen molar-refractivity contribution in [3.63, 3.8) is 0 Å². The van der Waals surface area contributed by atoms with Crippen molar-refractivity contribution >= 4 is 32.5 Å². The maximum absolute atomic E-state index is 13.5. The molecule has 272 valence electrons. The molecule has 8 rings (SSSR count). The van der Waals surface area contributed by atoms with Gasteiger partial charge in [-0.15, -0.1) is 22.7 Å². The second kappa shape index (κ2) is 15.3. The van der Waals surface area contributed by atoms with E-state index in [-0.39, 0.29) is 11.5 Å². The summed E-state index contributed by atoms with van der Waals surface area (Å²) in [4.78, 5) is 20.8. The van der Waals surface area contributed by atoms with Crippen LogP contribution in [0.5, 0.6) is 0 Å². The minimum absolute atomic E-state index is 0.0514. The van der Waals surface area contributed by atoms with Crippen molar-refractivity contribution in [3.05, 3.63) is 167 Å². The number of rotatable bonds is 10. The Morgan fingerprint density at radius 1 is 0.436 bits per heavy atom. The molecule has 0 fully saturated rings. The Bertz CT molecular complexity index is 2560. The van der Waals surface area contributed by atoms with Gasteiger partial charge in [-0.3, -0.25) is 9.97 Å². The monoisotopic (exact) mass is 774 g/mol. The van der Waals surface area contributed by atoms with Crippen molar-refractivity contribution in [2.24, 2.45) is 0 Å². The maximum Gasteiger partial charge on any atom is 0.158 e. The van der Waals surface area contributed by atoms with Gasteiger partial charge in [-0.25, -0.2) is 18.4 Å². The second-order valence-corrected chi connectivity index (χ2v) is 18.0. The van der Waals surface area contributed by atoms with Crippen LogP contribution in [0.1, 0.15) is 33.4 Å². The molecule has 9 heteroatoms. The second-order valence-electron chi connectivity index (χ2n) is 13.9. The number of nitrogens with zero attached hydrogens (tertiary/aromatic N) is 4. The number of hydrogen-bond donors (Lipinski definition) is 0. The highest BCUT2D eigenvalue weighted by molar-refractivity contribution is 7.89. The number of aryl methyl sites for hydroxylation is 4. The molecule has 55 heavy (non-hydrogen) atoms. The average Bonchev–Trinajstić information content (AvgIpc) is 3.85. The molecule has 4 aromatic heterocycles. The van der Waals surface area contributed by atoms with Gasteiger partial charge in [-0.2, -0.15) is 0 Å². The summed E-state index contributed by atoms with van der Waals surface area (Å²) in [5.74, 6) is -0.103. The van der Waals surface area contributed by atoms with E-state index < -0.39 is 9.84 Å². The first-order chi connectivity index (χ1) is 26.6. The summed E-state index contributed by atoms with van der Waals surface area (Å²) < 4.78 is 26.9. The first-order valence-electron chi connectivity index (χ1n) is 18.0. The fraction of sp³-hybridized carbons (Fsp3) is 0.130. The molecule has 0 spiro atoms. The van der Waals surface area contributed by atoms with Gasteiger partial charge in [0.05, 0.1) is 32.6 Å². The lowest BCUT2D eigenvalue weighted by Crippen LogP contribution is -2.07. The van der Waals surface area contributed by atoms with Crippen LogP contribution in [0, 0.1) is 27.7 Å². The largest absolute Gasteiger partial charge is 0.265 e. The van der Waals surface area contributed by atoms with Crippen LogP contribution in [0.4, 0.5) is 0 Å². The summed E-state index contributed by atoms with van der Waals surface area (Å²) in [5.41, 5.74) is 14.4. The minimum atomic E-state index is -3.45. The maximum atomic E-state index is 13.5. The quantitative estimate of drug-likeness (QED) is 0.138.